The number of likely N-dealkylation sites (tertiary alicyclic amines) is 1. The second-order valence-corrected chi connectivity index (χ2v) is 6.91. The van der Waals surface area contributed by atoms with Crippen LogP contribution >= 0.6 is 0 Å². The van der Waals surface area contributed by atoms with Gasteiger partial charge in [0.1, 0.15) is 6.10 Å². The Morgan fingerprint density at radius 1 is 1.20 bits per heavy atom. The summed E-state index contributed by atoms with van der Waals surface area (Å²) in [5.41, 5.74) is 6.93. The molecule has 7 nitrogen and oxygen atoms in total. The zero-order valence-corrected chi connectivity index (χ0v) is 14.0. The highest BCUT2D eigenvalue weighted by Crippen LogP contribution is 2.32. The molecule has 25 heavy (non-hydrogen) atoms. The molecule has 132 valence electrons. The zero-order valence-electron chi connectivity index (χ0n) is 14.0. The highest BCUT2D eigenvalue weighted by atomic mass is 16.5. The molecule has 0 aromatic carbocycles. The first-order chi connectivity index (χ1) is 12.1. The molecule has 2 N–H and O–H groups in total. The molecule has 0 unspecified atom stereocenters. The fourth-order valence-electron chi connectivity index (χ4n) is 3.93. The van der Waals surface area contributed by atoms with Crippen molar-refractivity contribution in [2.24, 2.45) is 11.7 Å². The van der Waals surface area contributed by atoms with Gasteiger partial charge in [0.25, 0.3) is 5.91 Å². The monoisotopic (exact) mass is 342 g/mol. The second-order valence-electron chi connectivity index (χ2n) is 6.91. The lowest BCUT2D eigenvalue weighted by molar-refractivity contribution is -0.130. The van der Waals surface area contributed by atoms with Crippen LogP contribution in [0.2, 0.25) is 0 Å². The molecule has 0 spiro atoms. The first-order valence-corrected chi connectivity index (χ1v) is 8.77. The van der Waals surface area contributed by atoms with Gasteiger partial charge in [0, 0.05) is 24.8 Å². The van der Waals surface area contributed by atoms with Crippen molar-refractivity contribution in [3.8, 4) is 0 Å². The van der Waals surface area contributed by atoms with E-state index in [0.717, 1.165) is 37.9 Å². The predicted octanol–water partition coefficient (Wildman–Crippen LogP) is 1.22. The van der Waals surface area contributed by atoms with Crippen molar-refractivity contribution >= 4 is 17.3 Å². The second kappa shape index (κ2) is 6.48. The molecule has 2 fully saturated rings. The number of piperidine rings is 1. The Labute approximate surface area is 145 Å². The van der Waals surface area contributed by atoms with E-state index in [-0.39, 0.29) is 17.9 Å². The molecule has 4 rings (SSSR count). The molecular formula is C18H22N4O3. The van der Waals surface area contributed by atoms with Gasteiger partial charge in [-0.1, -0.05) is 0 Å². The van der Waals surface area contributed by atoms with Crippen LogP contribution in [0, 0.1) is 5.92 Å². The molecule has 2 atom stereocenters. The Morgan fingerprint density at radius 2 is 2.00 bits per heavy atom. The topological polar surface area (TPSA) is 89.9 Å². The lowest BCUT2D eigenvalue weighted by atomic mass is 9.89. The molecule has 0 aliphatic carbocycles. The number of pyridine rings is 1. The molecule has 2 aromatic heterocycles. The summed E-state index contributed by atoms with van der Waals surface area (Å²) in [4.78, 5) is 30.0. The van der Waals surface area contributed by atoms with E-state index in [1.807, 2.05) is 27.6 Å². The Kier molecular flexibility index (Phi) is 4.17. The van der Waals surface area contributed by atoms with Gasteiger partial charge in [-0.15, -0.1) is 0 Å². The third kappa shape index (κ3) is 3.11. The number of hydrogen-bond acceptors (Lipinski definition) is 4. The van der Waals surface area contributed by atoms with Crippen LogP contribution < -0.4 is 5.73 Å². The lowest BCUT2D eigenvalue weighted by Gasteiger charge is -2.34. The number of aromatic nitrogens is 2. The van der Waals surface area contributed by atoms with Crippen LogP contribution in [0.1, 0.15) is 36.0 Å². The number of primary amides is 1. The number of amides is 2. The van der Waals surface area contributed by atoms with Gasteiger partial charge in [-0.05, 0) is 43.7 Å². The predicted molar refractivity (Wildman–Crippen MR) is 90.9 cm³/mol. The van der Waals surface area contributed by atoms with Gasteiger partial charge < -0.3 is 19.8 Å². The van der Waals surface area contributed by atoms with Crippen LogP contribution in [-0.2, 0) is 9.53 Å². The van der Waals surface area contributed by atoms with Gasteiger partial charge >= 0.3 is 0 Å². The minimum absolute atomic E-state index is 0.0597. The molecule has 0 saturated carbocycles. The van der Waals surface area contributed by atoms with Gasteiger partial charge in [0.2, 0.25) is 5.91 Å². The molecule has 2 saturated heterocycles. The quantitative estimate of drug-likeness (QED) is 0.908. The van der Waals surface area contributed by atoms with E-state index in [9.17, 15) is 9.59 Å². The maximum absolute atomic E-state index is 12.7. The smallest absolute Gasteiger partial charge is 0.253 e. The highest BCUT2D eigenvalue weighted by Gasteiger charge is 2.36. The van der Waals surface area contributed by atoms with E-state index in [1.54, 1.807) is 12.5 Å². The minimum Gasteiger partial charge on any atom is -0.367 e. The number of imidazole rings is 1. The molecule has 4 heterocycles. The summed E-state index contributed by atoms with van der Waals surface area (Å²) in [5.74, 6) is 0.0839. The number of nitrogens with zero attached hydrogens (tertiary/aromatic N) is 3. The summed E-state index contributed by atoms with van der Waals surface area (Å²) in [7, 11) is 0. The lowest BCUT2D eigenvalue weighted by Crippen LogP contribution is -2.41. The largest absolute Gasteiger partial charge is 0.367 e. The summed E-state index contributed by atoms with van der Waals surface area (Å²) in [6, 6.07) is 3.71. The van der Waals surface area contributed by atoms with Gasteiger partial charge in [0.05, 0.1) is 24.1 Å². The van der Waals surface area contributed by atoms with Crippen LogP contribution in [-0.4, -0.2) is 51.4 Å². The molecular weight excluding hydrogens is 320 g/mol. The van der Waals surface area contributed by atoms with E-state index < -0.39 is 6.10 Å². The molecule has 0 radical (unpaired) electrons. The summed E-state index contributed by atoms with van der Waals surface area (Å²) in [6.07, 6.45) is 8.37. The van der Waals surface area contributed by atoms with Crippen LogP contribution in [0.5, 0.6) is 0 Å². The van der Waals surface area contributed by atoms with Crippen molar-refractivity contribution in [1.29, 1.82) is 0 Å². The average Bonchev–Trinajstić information content (AvgIpc) is 3.30. The van der Waals surface area contributed by atoms with E-state index >= 15 is 0 Å². The highest BCUT2D eigenvalue weighted by molar-refractivity contribution is 5.95. The zero-order chi connectivity index (χ0) is 17.4. The minimum atomic E-state index is -0.438. The van der Waals surface area contributed by atoms with E-state index in [1.165, 1.54) is 0 Å². The number of carbonyl (C=O) groups excluding carboxylic acids is 2. The molecule has 2 amide bonds. The average molecular weight is 342 g/mol. The number of hydrogen-bond donors (Lipinski definition) is 1. The molecule has 2 aliphatic heterocycles. The molecule has 7 heteroatoms. The summed E-state index contributed by atoms with van der Waals surface area (Å²) < 4.78 is 7.68. The van der Waals surface area contributed by atoms with Crippen molar-refractivity contribution in [3.63, 3.8) is 0 Å². The van der Waals surface area contributed by atoms with Crippen molar-refractivity contribution in [2.45, 2.75) is 37.9 Å². The first kappa shape index (κ1) is 16.1. The Hall–Kier alpha value is -2.41. The number of carbonyl (C=O) groups is 2. The normalized spacial score (nSPS) is 24.7. The fourth-order valence-corrected chi connectivity index (χ4v) is 3.93. The molecule has 0 bridgehead atoms. The summed E-state index contributed by atoms with van der Waals surface area (Å²) in [5, 5.41) is 0. The van der Waals surface area contributed by atoms with Crippen molar-refractivity contribution in [2.75, 3.05) is 13.1 Å². The third-order valence-electron chi connectivity index (χ3n) is 5.38. The van der Waals surface area contributed by atoms with Gasteiger partial charge in [-0.25, -0.2) is 4.98 Å². The Bertz CT molecular complexity index is 794. The van der Waals surface area contributed by atoms with Crippen LogP contribution in [0.25, 0.3) is 5.52 Å². The fraction of sp³-hybridized carbons (Fsp3) is 0.500. The SMILES string of the molecule is NC(=O)[C@H]1CC[C@@H](C2CCN(C(=O)c3ccn4cncc4c3)CC2)O1. The summed E-state index contributed by atoms with van der Waals surface area (Å²) in [6.45, 7) is 1.43. The van der Waals surface area contributed by atoms with E-state index in [4.69, 9.17) is 10.5 Å². The van der Waals surface area contributed by atoms with E-state index in [0.29, 0.717) is 17.9 Å². The van der Waals surface area contributed by atoms with Crippen molar-refractivity contribution in [3.05, 3.63) is 36.4 Å². The van der Waals surface area contributed by atoms with Gasteiger partial charge in [0.15, 0.2) is 0 Å². The first-order valence-electron chi connectivity index (χ1n) is 8.77. The number of fused-ring (bicyclic) bond motifs is 1. The number of rotatable bonds is 3. The summed E-state index contributed by atoms with van der Waals surface area (Å²) >= 11 is 0. The van der Waals surface area contributed by atoms with Gasteiger partial charge in [-0.2, -0.15) is 0 Å². The van der Waals surface area contributed by atoms with Crippen LogP contribution in [0.4, 0.5) is 0 Å². The number of ether oxygens (including phenoxy) is 1. The van der Waals surface area contributed by atoms with Crippen molar-refractivity contribution in [1.82, 2.24) is 14.3 Å². The van der Waals surface area contributed by atoms with Gasteiger partial charge in [-0.3, -0.25) is 9.59 Å². The molecule has 2 aliphatic rings. The van der Waals surface area contributed by atoms with Crippen LogP contribution in [0.3, 0.4) is 0 Å². The van der Waals surface area contributed by atoms with Crippen LogP contribution in [0.15, 0.2) is 30.9 Å². The Balaban J connectivity index is 1.36. The van der Waals surface area contributed by atoms with E-state index in [2.05, 4.69) is 4.98 Å². The maximum Gasteiger partial charge on any atom is 0.253 e. The third-order valence-corrected chi connectivity index (χ3v) is 5.38. The number of nitrogens with two attached hydrogens (primary N) is 1. The standard InChI is InChI=1S/C18H22N4O3/c19-17(23)16-2-1-15(25-16)12-3-6-21(7-4-12)18(24)13-5-8-22-11-20-10-14(22)9-13/h5,8-12,15-16H,1-4,6-7H2,(H2,19,23)/t15-,16+/m0/s1. The molecule has 2 aromatic rings. The Morgan fingerprint density at radius 3 is 2.72 bits per heavy atom. The van der Waals surface area contributed by atoms with Crippen molar-refractivity contribution < 1.29 is 14.3 Å². The maximum atomic E-state index is 12.7.